The summed E-state index contributed by atoms with van der Waals surface area (Å²) >= 11 is 0. The molecule has 0 aliphatic carbocycles. The van der Waals surface area contributed by atoms with Crippen molar-refractivity contribution in [3.8, 4) is 0 Å². The van der Waals surface area contributed by atoms with Gasteiger partial charge in [0, 0.05) is 31.2 Å². The molecule has 0 bridgehead atoms. The molecule has 3 rings (SSSR count). The summed E-state index contributed by atoms with van der Waals surface area (Å²) in [5, 5.41) is 8.44. The van der Waals surface area contributed by atoms with Crippen molar-refractivity contribution in [1.29, 1.82) is 0 Å². The van der Waals surface area contributed by atoms with E-state index in [0.717, 1.165) is 18.9 Å². The molecule has 0 spiro atoms. The number of anilines is 1. The summed E-state index contributed by atoms with van der Waals surface area (Å²) < 4.78 is 1.60. The molecule has 1 aromatic heterocycles. The van der Waals surface area contributed by atoms with Gasteiger partial charge in [-0.2, -0.15) is 5.10 Å². The van der Waals surface area contributed by atoms with Gasteiger partial charge in [-0.1, -0.05) is 0 Å². The van der Waals surface area contributed by atoms with Crippen molar-refractivity contribution < 1.29 is 0 Å². The van der Waals surface area contributed by atoms with Crippen LogP contribution in [-0.2, 0) is 0 Å². The second-order valence-electron chi connectivity index (χ2n) is 7.90. The summed E-state index contributed by atoms with van der Waals surface area (Å²) in [4.78, 5) is 16.8. The monoisotopic (exact) mass is 347 g/mol. The van der Waals surface area contributed by atoms with Crippen molar-refractivity contribution in [3.05, 3.63) is 22.5 Å². The quantitative estimate of drug-likeness (QED) is 0.881. The van der Waals surface area contributed by atoms with Gasteiger partial charge in [0.25, 0.3) is 5.56 Å². The molecule has 3 heterocycles. The Labute approximate surface area is 151 Å². The molecule has 1 atom stereocenters. The summed E-state index contributed by atoms with van der Waals surface area (Å²) in [5.41, 5.74) is -0.0169. The van der Waals surface area contributed by atoms with E-state index in [1.165, 1.54) is 45.2 Å². The Morgan fingerprint density at radius 1 is 1.16 bits per heavy atom. The lowest BCUT2D eigenvalue weighted by atomic mass is 10.00. The van der Waals surface area contributed by atoms with Gasteiger partial charge in [0.2, 0.25) is 0 Å². The van der Waals surface area contributed by atoms with Gasteiger partial charge in [-0.05, 0) is 72.2 Å². The van der Waals surface area contributed by atoms with Crippen LogP contribution in [-0.4, -0.2) is 60.0 Å². The normalized spacial score (nSPS) is 23.4. The first-order chi connectivity index (χ1) is 12.0. The Balaban J connectivity index is 1.66. The highest BCUT2D eigenvalue weighted by molar-refractivity contribution is 5.39. The van der Waals surface area contributed by atoms with Crippen molar-refractivity contribution >= 4 is 5.82 Å². The molecule has 25 heavy (non-hydrogen) atoms. The van der Waals surface area contributed by atoms with Crippen LogP contribution in [0.4, 0.5) is 5.82 Å². The van der Waals surface area contributed by atoms with Crippen LogP contribution in [0.1, 0.15) is 52.0 Å². The Kier molecular flexibility index (Phi) is 6.12. The molecule has 140 valence electrons. The van der Waals surface area contributed by atoms with Crippen molar-refractivity contribution in [2.75, 3.05) is 38.1 Å². The third-order valence-corrected chi connectivity index (χ3v) is 5.58. The molecule has 1 N–H and O–H groups in total. The number of piperidine rings is 2. The maximum absolute atomic E-state index is 12.0. The van der Waals surface area contributed by atoms with Gasteiger partial charge in [-0.25, -0.2) is 4.68 Å². The fraction of sp³-hybridized carbons (Fsp3) is 0.789. The third kappa shape index (κ3) is 4.61. The topological polar surface area (TPSA) is 53.4 Å². The average molecular weight is 348 g/mol. The lowest BCUT2D eigenvalue weighted by Gasteiger charge is -2.38. The molecule has 2 aliphatic heterocycles. The molecule has 2 fully saturated rings. The Morgan fingerprint density at radius 2 is 1.92 bits per heavy atom. The molecule has 0 amide bonds. The predicted octanol–water partition coefficient (Wildman–Crippen LogP) is 1.87. The molecular formula is C19H33N5O. The fourth-order valence-electron chi connectivity index (χ4n) is 3.97. The molecule has 1 unspecified atom stereocenters. The zero-order chi connectivity index (χ0) is 17.8. The van der Waals surface area contributed by atoms with Crippen LogP contribution < -0.4 is 15.8 Å². The van der Waals surface area contributed by atoms with E-state index in [0.29, 0.717) is 12.1 Å². The van der Waals surface area contributed by atoms with Crippen molar-refractivity contribution in [2.24, 2.45) is 0 Å². The minimum Gasteiger partial charge on any atom is -0.351 e. The Bertz CT molecular complexity index is 606. The molecule has 2 aliphatic rings. The van der Waals surface area contributed by atoms with E-state index < -0.39 is 0 Å². The van der Waals surface area contributed by atoms with Crippen LogP contribution in [0.3, 0.4) is 0 Å². The zero-order valence-electron chi connectivity index (χ0n) is 15.9. The maximum Gasteiger partial charge on any atom is 0.267 e. The highest BCUT2D eigenvalue weighted by Crippen LogP contribution is 2.23. The summed E-state index contributed by atoms with van der Waals surface area (Å²) in [6.07, 6.45) is 6.15. The molecule has 1 aromatic rings. The van der Waals surface area contributed by atoms with Crippen LogP contribution in [0.25, 0.3) is 0 Å². The first kappa shape index (κ1) is 18.4. The number of hydrogen-bond donors (Lipinski definition) is 1. The highest BCUT2D eigenvalue weighted by atomic mass is 16.1. The van der Waals surface area contributed by atoms with Crippen LogP contribution >= 0.6 is 0 Å². The number of aromatic nitrogens is 2. The van der Waals surface area contributed by atoms with Crippen molar-refractivity contribution in [1.82, 2.24) is 20.0 Å². The number of rotatable bonds is 5. The smallest absolute Gasteiger partial charge is 0.267 e. The van der Waals surface area contributed by atoms with E-state index >= 15 is 0 Å². The first-order valence-corrected chi connectivity index (χ1v) is 9.83. The number of nitrogens with one attached hydrogen (secondary N) is 1. The third-order valence-electron chi connectivity index (χ3n) is 5.58. The van der Waals surface area contributed by atoms with Gasteiger partial charge >= 0.3 is 0 Å². The second-order valence-corrected chi connectivity index (χ2v) is 7.90. The van der Waals surface area contributed by atoms with Crippen LogP contribution in [0.2, 0.25) is 0 Å². The summed E-state index contributed by atoms with van der Waals surface area (Å²) in [6.45, 7) is 8.43. The SMILES string of the molecule is CC(C)n1nc(N2CCCCC2CNC2CCN(C)CC2)ccc1=O. The standard InChI is InChI=1S/C19H33N5O/c1-15(2)24-19(25)8-7-18(21-24)23-11-5-4-6-17(23)14-20-16-9-12-22(3)13-10-16/h7-8,15-17,20H,4-6,9-14H2,1-3H3. The first-order valence-electron chi connectivity index (χ1n) is 9.83. The Hall–Kier alpha value is -1.40. The maximum atomic E-state index is 12.0. The van der Waals surface area contributed by atoms with Gasteiger partial charge in [0.1, 0.15) is 5.82 Å². The van der Waals surface area contributed by atoms with E-state index in [9.17, 15) is 4.79 Å². The second kappa shape index (κ2) is 8.32. The fourth-order valence-corrected chi connectivity index (χ4v) is 3.97. The van der Waals surface area contributed by atoms with Crippen molar-refractivity contribution in [3.63, 3.8) is 0 Å². The molecule has 0 aromatic carbocycles. The molecule has 6 nitrogen and oxygen atoms in total. The summed E-state index contributed by atoms with van der Waals surface area (Å²) in [7, 11) is 2.20. The Morgan fingerprint density at radius 3 is 2.64 bits per heavy atom. The zero-order valence-corrected chi connectivity index (χ0v) is 15.9. The van der Waals surface area contributed by atoms with Crippen LogP contribution in [0.15, 0.2) is 16.9 Å². The minimum atomic E-state index is -0.0169. The predicted molar refractivity (Wildman–Crippen MR) is 102 cm³/mol. The molecule has 2 saturated heterocycles. The lowest BCUT2D eigenvalue weighted by molar-refractivity contribution is 0.231. The van der Waals surface area contributed by atoms with E-state index in [1.807, 2.05) is 19.9 Å². The molecular weight excluding hydrogens is 314 g/mol. The van der Waals surface area contributed by atoms with Gasteiger partial charge in [-0.15, -0.1) is 0 Å². The molecule has 6 heteroatoms. The van der Waals surface area contributed by atoms with Crippen molar-refractivity contribution in [2.45, 2.75) is 64.1 Å². The lowest BCUT2D eigenvalue weighted by Crippen LogP contribution is -2.50. The summed E-state index contributed by atoms with van der Waals surface area (Å²) in [6, 6.07) is 4.76. The number of hydrogen-bond acceptors (Lipinski definition) is 5. The molecule has 0 saturated carbocycles. The van der Waals surface area contributed by atoms with E-state index in [4.69, 9.17) is 0 Å². The van der Waals surface area contributed by atoms with Gasteiger partial charge < -0.3 is 15.1 Å². The average Bonchev–Trinajstić information content (AvgIpc) is 2.62. The summed E-state index contributed by atoms with van der Waals surface area (Å²) in [5.74, 6) is 0.947. The number of likely N-dealkylation sites (tertiary alicyclic amines) is 1. The minimum absolute atomic E-state index is 0.0169. The molecule has 0 radical (unpaired) electrons. The van der Waals surface area contributed by atoms with Crippen LogP contribution in [0, 0.1) is 0 Å². The largest absolute Gasteiger partial charge is 0.351 e. The van der Waals surface area contributed by atoms with E-state index in [2.05, 4.69) is 27.3 Å². The van der Waals surface area contributed by atoms with E-state index in [-0.39, 0.29) is 11.6 Å². The van der Waals surface area contributed by atoms with E-state index in [1.54, 1.807) is 10.7 Å². The van der Waals surface area contributed by atoms with Crippen LogP contribution in [0.5, 0.6) is 0 Å². The van der Waals surface area contributed by atoms with Gasteiger partial charge in [-0.3, -0.25) is 4.79 Å². The number of nitrogens with zero attached hydrogens (tertiary/aromatic N) is 4. The highest BCUT2D eigenvalue weighted by Gasteiger charge is 2.26. The van der Waals surface area contributed by atoms with Gasteiger partial charge in [0.05, 0.1) is 6.04 Å². The van der Waals surface area contributed by atoms with Gasteiger partial charge in [0.15, 0.2) is 0 Å².